The Morgan fingerprint density at radius 2 is 2.14 bits per heavy atom. The van der Waals surface area contributed by atoms with Gasteiger partial charge < -0.3 is 14.8 Å². The molecular weight excluding hydrogens is 178 g/mol. The number of hydrogen-bond acceptors (Lipinski definition) is 3. The van der Waals surface area contributed by atoms with Gasteiger partial charge in [-0.3, -0.25) is 0 Å². The van der Waals surface area contributed by atoms with Gasteiger partial charge in [-0.15, -0.1) is 0 Å². The van der Waals surface area contributed by atoms with Crippen molar-refractivity contribution in [3.05, 3.63) is 0 Å². The predicted molar refractivity (Wildman–Crippen MR) is 57.5 cm³/mol. The normalized spacial score (nSPS) is 18.4. The van der Waals surface area contributed by atoms with Gasteiger partial charge in [0.25, 0.3) is 0 Å². The molecule has 1 rings (SSSR count). The van der Waals surface area contributed by atoms with Gasteiger partial charge >= 0.3 is 0 Å². The van der Waals surface area contributed by atoms with Crippen molar-refractivity contribution in [1.82, 2.24) is 5.32 Å². The number of hydrogen-bond donors (Lipinski definition) is 1. The molecule has 0 aromatic carbocycles. The SMILES string of the molecule is CCNC(COCCOC)CC1CC1. The summed E-state index contributed by atoms with van der Waals surface area (Å²) in [7, 11) is 1.70. The Morgan fingerprint density at radius 3 is 2.71 bits per heavy atom. The van der Waals surface area contributed by atoms with E-state index >= 15 is 0 Å². The van der Waals surface area contributed by atoms with Gasteiger partial charge in [-0.1, -0.05) is 19.8 Å². The second kappa shape index (κ2) is 7.21. The lowest BCUT2D eigenvalue weighted by Gasteiger charge is -2.17. The number of methoxy groups -OCH3 is 1. The molecule has 0 aromatic rings. The molecule has 1 unspecified atom stereocenters. The monoisotopic (exact) mass is 201 g/mol. The molecule has 0 amide bonds. The molecule has 1 aliphatic carbocycles. The van der Waals surface area contributed by atoms with Crippen molar-refractivity contribution < 1.29 is 9.47 Å². The third kappa shape index (κ3) is 5.58. The van der Waals surface area contributed by atoms with Crippen molar-refractivity contribution in [3.63, 3.8) is 0 Å². The fraction of sp³-hybridized carbons (Fsp3) is 1.00. The summed E-state index contributed by atoms with van der Waals surface area (Å²) in [4.78, 5) is 0. The van der Waals surface area contributed by atoms with Gasteiger partial charge in [0.1, 0.15) is 0 Å². The smallest absolute Gasteiger partial charge is 0.0701 e. The molecule has 1 atom stereocenters. The van der Waals surface area contributed by atoms with Crippen molar-refractivity contribution in [2.45, 2.75) is 32.2 Å². The lowest BCUT2D eigenvalue weighted by molar-refractivity contribution is 0.0569. The van der Waals surface area contributed by atoms with Crippen molar-refractivity contribution in [1.29, 1.82) is 0 Å². The minimum Gasteiger partial charge on any atom is -0.382 e. The van der Waals surface area contributed by atoms with Crippen LogP contribution in [-0.4, -0.2) is 39.5 Å². The van der Waals surface area contributed by atoms with Crippen molar-refractivity contribution in [2.24, 2.45) is 5.92 Å². The maximum Gasteiger partial charge on any atom is 0.0701 e. The molecule has 1 fully saturated rings. The topological polar surface area (TPSA) is 30.5 Å². The molecule has 84 valence electrons. The highest BCUT2D eigenvalue weighted by Gasteiger charge is 2.24. The van der Waals surface area contributed by atoms with E-state index < -0.39 is 0 Å². The zero-order valence-corrected chi connectivity index (χ0v) is 9.42. The van der Waals surface area contributed by atoms with Crippen molar-refractivity contribution >= 4 is 0 Å². The van der Waals surface area contributed by atoms with E-state index in [1.165, 1.54) is 19.3 Å². The van der Waals surface area contributed by atoms with Crippen LogP contribution in [0.2, 0.25) is 0 Å². The summed E-state index contributed by atoms with van der Waals surface area (Å²) in [6.45, 7) is 5.42. The van der Waals surface area contributed by atoms with E-state index in [0.29, 0.717) is 19.3 Å². The first-order chi connectivity index (χ1) is 6.86. The van der Waals surface area contributed by atoms with Crippen molar-refractivity contribution in [2.75, 3.05) is 33.5 Å². The van der Waals surface area contributed by atoms with Crippen LogP contribution in [0.3, 0.4) is 0 Å². The maximum absolute atomic E-state index is 5.53. The molecule has 0 spiro atoms. The molecule has 0 heterocycles. The number of nitrogens with one attached hydrogen (secondary N) is 1. The van der Waals surface area contributed by atoms with E-state index in [0.717, 1.165) is 19.1 Å². The highest BCUT2D eigenvalue weighted by molar-refractivity contribution is 4.79. The van der Waals surface area contributed by atoms with E-state index in [9.17, 15) is 0 Å². The van der Waals surface area contributed by atoms with Crippen LogP contribution in [0.15, 0.2) is 0 Å². The Balaban J connectivity index is 2.01. The minimum atomic E-state index is 0.546. The largest absolute Gasteiger partial charge is 0.382 e. The Bertz CT molecular complexity index is 137. The molecule has 1 saturated carbocycles. The molecule has 0 aromatic heterocycles. The third-order valence-corrected chi connectivity index (χ3v) is 2.56. The summed E-state index contributed by atoms with van der Waals surface area (Å²) >= 11 is 0. The summed E-state index contributed by atoms with van der Waals surface area (Å²) < 4.78 is 10.5. The van der Waals surface area contributed by atoms with Crippen LogP contribution < -0.4 is 5.32 Å². The summed E-state index contributed by atoms with van der Waals surface area (Å²) in [6.07, 6.45) is 4.11. The van der Waals surface area contributed by atoms with Gasteiger partial charge in [-0.05, 0) is 18.9 Å². The van der Waals surface area contributed by atoms with Crippen LogP contribution >= 0.6 is 0 Å². The molecule has 1 N–H and O–H groups in total. The highest BCUT2D eigenvalue weighted by atomic mass is 16.5. The summed E-state index contributed by atoms with van der Waals surface area (Å²) in [6, 6.07) is 0.546. The number of ether oxygens (including phenoxy) is 2. The Kier molecular flexibility index (Phi) is 6.15. The third-order valence-electron chi connectivity index (χ3n) is 2.56. The van der Waals surface area contributed by atoms with Crippen LogP contribution in [-0.2, 0) is 9.47 Å². The van der Waals surface area contributed by atoms with Gasteiger partial charge in [0, 0.05) is 13.2 Å². The predicted octanol–water partition coefficient (Wildman–Crippen LogP) is 1.43. The van der Waals surface area contributed by atoms with E-state index in [4.69, 9.17) is 9.47 Å². The van der Waals surface area contributed by atoms with Crippen LogP contribution in [0.25, 0.3) is 0 Å². The molecule has 3 heteroatoms. The molecule has 0 bridgehead atoms. The van der Waals surface area contributed by atoms with Gasteiger partial charge in [-0.25, -0.2) is 0 Å². The zero-order chi connectivity index (χ0) is 10.2. The summed E-state index contributed by atoms with van der Waals surface area (Å²) in [5, 5.41) is 3.47. The average molecular weight is 201 g/mol. The van der Waals surface area contributed by atoms with Crippen LogP contribution in [0.1, 0.15) is 26.2 Å². The van der Waals surface area contributed by atoms with Crippen molar-refractivity contribution in [3.8, 4) is 0 Å². The molecule has 14 heavy (non-hydrogen) atoms. The first-order valence-electron chi connectivity index (χ1n) is 5.66. The number of likely N-dealkylation sites (N-methyl/N-ethyl adjacent to an activating group) is 1. The van der Waals surface area contributed by atoms with Crippen LogP contribution in [0.4, 0.5) is 0 Å². The van der Waals surface area contributed by atoms with E-state index in [1.54, 1.807) is 7.11 Å². The van der Waals surface area contributed by atoms with E-state index in [2.05, 4.69) is 12.2 Å². The zero-order valence-electron chi connectivity index (χ0n) is 9.42. The van der Waals surface area contributed by atoms with Crippen LogP contribution in [0, 0.1) is 5.92 Å². The van der Waals surface area contributed by atoms with Gasteiger partial charge in [0.15, 0.2) is 0 Å². The Morgan fingerprint density at radius 1 is 1.36 bits per heavy atom. The number of rotatable bonds is 9. The van der Waals surface area contributed by atoms with Gasteiger partial charge in [0.2, 0.25) is 0 Å². The fourth-order valence-electron chi connectivity index (χ4n) is 1.62. The Hall–Kier alpha value is -0.120. The average Bonchev–Trinajstić information content (AvgIpc) is 2.96. The second-order valence-corrected chi connectivity index (χ2v) is 4.00. The lowest BCUT2D eigenvalue weighted by Crippen LogP contribution is -2.34. The fourth-order valence-corrected chi connectivity index (χ4v) is 1.62. The molecule has 0 radical (unpaired) electrons. The molecule has 0 saturated heterocycles. The summed E-state index contributed by atoms with van der Waals surface area (Å²) in [5.74, 6) is 0.963. The van der Waals surface area contributed by atoms with Gasteiger partial charge in [-0.2, -0.15) is 0 Å². The second-order valence-electron chi connectivity index (χ2n) is 4.00. The molecule has 3 nitrogen and oxygen atoms in total. The van der Waals surface area contributed by atoms with E-state index in [1.807, 2.05) is 0 Å². The lowest BCUT2D eigenvalue weighted by atomic mass is 10.1. The summed E-state index contributed by atoms with van der Waals surface area (Å²) in [5.41, 5.74) is 0. The first kappa shape index (κ1) is 12.0. The quantitative estimate of drug-likeness (QED) is 0.572. The maximum atomic E-state index is 5.53. The van der Waals surface area contributed by atoms with Gasteiger partial charge in [0.05, 0.1) is 19.8 Å². The minimum absolute atomic E-state index is 0.546. The van der Waals surface area contributed by atoms with Crippen LogP contribution in [0.5, 0.6) is 0 Å². The molecular formula is C11H23NO2. The molecule has 0 aliphatic heterocycles. The Labute approximate surface area is 87.2 Å². The standard InChI is InChI=1S/C11H23NO2/c1-3-12-11(8-10-4-5-10)9-14-7-6-13-2/h10-12H,3-9H2,1-2H3. The van der Waals surface area contributed by atoms with E-state index in [-0.39, 0.29) is 0 Å². The highest BCUT2D eigenvalue weighted by Crippen LogP contribution is 2.33. The molecule has 1 aliphatic rings. The first-order valence-corrected chi connectivity index (χ1v) is 5.66.